The Balaban J connectivity index is 1.70. The predicted octanol–water partition coefficient (Wildman–Crippen LogP) is 3.75. The number of fused-ring (bicyclic) bond motifs is 1. The van der Waals surface area contributed by atoms with E-state index in [9.17, 15) is 24.5 Å². The maximum absolute atomic E-state index is 13.4. The van der Waals surface area contributed by atoms with Crippen molar-refractivity contribution in [2.45, 2.75) is 19.4 Å². The van der Waals surface area contributed by atoms with Gasteiger partial charge in [-0.1, -0.05) is 48.5 Å². The molecule has 4 rings (SSSR count). The Kier molecular flexibility index (Phi) is 5.51. The zero-order valence-electron chi connectivity index (χ0n) is 17.1. The van der Waals surface area contributed by atoms with E-state index in [2.05, 4.69) is 5.32 Å². The van der Waals surface area contributed by atoms with Crippen molar-refractivity contribution in [2.24, 2.45) is 0 Å². The molecule has 32 heavy (non-hydrogen) atoms. The Morgan fingerprint density at radius 3 is 2.16 bits per heavy atom. The van der Waals surface area contributed by atoms with Gasteiger partial charge < -0.3 is 5.32 Å². The van der Waals surface area contributed by atoms with E-state index in [0.29, 0.717) is 5.56 Å². The van der Waals surface area contributed by atoms with E-state index in [0.717, 1.165) is 10.5 Å². The molecule has 3 aromatic carbocycles. The van der Waals surface area contributed by atoms with E-state index >= 15 is 0 Å². The molecule has 1 aliphatic heterocycles. The van der Waals surface area contributed by atoms with Crippen LogP contribution in [0.4, 0.5) is 11.4 Å². The van der Waals surface area contributed by atoms with Crippen LogP contribution in [0.5, 0.6) is 0 Å². The summed E-state index contributed by atoms with van der Waals surface area (Å²) in [6.07, 6.45) is 0.103. The number of non-ortho nitro benzene ring substituents is 1. The standard InChI is InChI=1S/C24H19N3O5/c1-15-11-12-17(27(31)32)14-20(15)25-22(28)21(13-16-7-3-2-4-8-16)26-23(29)18-9-5-6-10-19(18)24(26)30/h2-12,14,21H,13H2,1H3,(H,25,28). The third kappa shape index (κ3) is 3.85. The number of rotatable bonds is 6. The summed E-state index contributed by atoms with van der Waals surface area (Å²) in [6, 6.07) is 18.5. The first-order valence-corrected chi connectivity index (χ1v) is 9.93. The van der Waals surface area contributed by atoms with Gasteiger partial charge in [0.15, 0.2) is 0 Å². The molecule has 1 N–H and O–H groups in total. The fourth-order valence-corrected chi connectivity index (χ4v) is 3.70. The number of hydrogen-bond acceptors (Lipinski definition) is 5. The number of nitro groups is 1. The molecule has 1 heterocycles. The van der Waals surface area contributed by atoms with Gasteiger partial charge in [-0.2, -0.15) is 0 Å². The second-order valence-electron chi connectivity index (χ2n) is 7.48. The first kappa shape index (κ1) is 20.9. The lowest BCUT2D eigenvalue weighted by atomic mass is 10.0. The molecule has 0 aliphatic carbocycles. The molecular weight excluding hydrogens is 410 g/mol. The SMILES string of the molecule is Cc1ccc([N+](=O)[O-])cc1NC(=O)C(Cc1ccccc1)N1C(=O)c2ccccc2C1=O. The van der Waals surface area contributed by atoms with Gasteiger partial charge in [-0.25, -0.2) is 0 Å². The summed E-state index contributed by atoms with van der Waals surface area (Å²) in [4.78, 5) is 51.0. The number of amides is 3. The van der Waals surface area contributed by atoms with Crippen LogP contribution in [-0.4, -0.2) is 33.6 Å². The van der Waals surface area contributed by atoms with Crippen LogP contribution in [0.25, 0.3) is 0 Å². The smallest absolute Gasteiger partial charge is 0.271 e. The van der Waals surface area contributed by atoms with Crippen molar-refractivity contribution in [3.63, 3.8) is 0 Å². The van der Waals surface area contributed by atoms with E-state index in [-0.39, 0.29) is 28.9 Å². The minimum atomic E-state index is -1.14. The number of carbonyl (C=O) groups is 3. The van der Waals surface area contributed by atoms with Crippen molar-refractivity contribution in [1.29, 1.82) is 0 Å². The third-order valence-corrected chi connectivity index (χ3v) is 5.40. The molecule has 3 amide bonds. The number of carbonyl (C=O) groups excluding carboxylic acids is 3. The minimum absolute atomic E-state index is 0.103. The second-order valence-corrected chi connectivity index (χ2v) is 7.48. The summed E-state index contributed by atoms with van der Waals surface area (Å²) >= 11 is 0. The molecule has 8 nitrogen and oxygen atoms in total. The minimum Gasteiger partial charge on any atom is -0.324 e. The van der Waals surface area contributed by atoms with Gasteiger partial charge in [-0.05, 0) is 30.2 Å². The lowest BCUT2D eigenvalue weighted by Gasteiger charge is -2.26. The lowest BCUT2D eigenvalue weighted by Crippen LogP contribution is -2.48. The maximum atomic E-state index is 13.4. The number of anilines is 1. The molecule has 0 saturated heterocycles. The van der Waals surface area contributed by atoms with Gasteiger partial charge in [0.25, 0.3) is 17.5 Å². The van der Waals surface area contributed by atoms with Crippen LogP contribution < -0.4 is 5.32 Å². The molecule has 1 unspecified atom stereocenters. The summed E-state index contributed by atoms with van der Waals surface area (Å²) < 4.78 is 0. The number of imide groups is 1. The molecule has 0 bridgehead atoms. The van der Waals surface area contributed by atoms with E-state index in [1.807, 2.05) is 6.07 Å². The van der Waals surface area contributed by atoms with Gasteiger partial charge >= 0.3 is 0 Å². The van der Waals surface area contributed by atoms with Crippen molar-refractivity contribution < 1.29 is 19.3 Å². The van der Waals surface area contributed by atoms with E-state index in [1.54, 1.807) is 55.5 Å². The molecule has 0 radical (unpaired) electrons. The summed E-state index contributed by atoms with van der Waals surface area (Å²) in [5.41, 5.74) is 1.94. The van der Waals surface area contributed by atoms with Gasteiger partial charge in [-0.3, -0.25) is 29.4 Å². The monoisotopic (exact) mass is 429 g/mol. The fourth-order valence-electron chi connectivity index (χ4n) is 3.70. The van der Waals surface area contributed by atoms with Gasteiger partial charge in [0.2, 0.25) is 5.91 Å². The summed E-state index contributed by atoms with van der Waals surface area (Å²) in [6.45, 7) is 1.70. The number of nitrogens with zero attached hydrogens (tertiary/aromatic N) is 2. The van der Waals surface area contributed by atoms with Crippen LogP contribution in [0.3, 0.4) is 0 Å². The average Bonchev–Trinajstić information content (AvgIpc) is 3.04. The highest BCUT2D eigenvalue weighted by Gasteiger charge is 2.42. The second kappa shape index (κ2) is 8.43. The molecule has 0 saturated carbocycles. The highest BCUT2D eigenvalue weighted by atomic mass is 16.6. The molecule has 1 aliphatic rings. The zero-order chi connectivity index (χ0) is 22.8. The maximum Gasteiger partial charge on any atom is 0.271 e. The van der Waals surface area contributed by atoms with E-state index in [4.69, 9.17) is 0 Å². The molecule has 0 fully saturated rings. The Morgan fingerprint density at radius 1 is 0.969 bits per heavy atom. The van der Waals surface area contributed by atoms with Gasteiger partial charge in [0.1, 0.15) is 6.04 Å². The van der Waals surface area contributed by atoms with Gasteiger partial charge in [0.05, 0.1) is 21.7 Å². The van der Waals surface area contributed by atoms with Crippen LogP contribution in [0, 0.1) is 17.0 Å². The lowest BCUT2D eigenvalue weighted by molar-refractivity contribution is -0.384. The molecule has 1 atom stereocenters. The largest absolute Gasteiger partial charge is 0.324 e. The van der Waals surface area contributed by atoms with Crippen molar-refractivity contribution in [3.05, 3.63) is 105 Å². The quantitative estimate of drug-likeness (QED) is 0.365. The van der Waals surface area contributed by atoms with Crippen LogP contribution in [-0.2, 0) is 11.2 Å². The first-order valence-electron chi connectivity index (χ1n) is 9.93. The number of aryl methyl sites for hydroxylation is 1. The molecule has 160 valence electrons. The van der Waals surface area contributed by atoms with Crippen LogP contribution >= 0.6 is 0 Å². The predicted molar refractivity (Wildman–Crippen MR) is 117 cm³/mol. The Morgan fingerprint density at radius 2 is 1.56 bits per heavy atom. The molecule has 0 spiro atoms. The van der Waals surface area contributed by atoms with E-state index in [1.165, 1.54) is 18.2 Å². The van der Waals surface area contributed by atoms with Crippen molar-refractivity contribution >= 4 is 29.1 Å². The van der Waals surface area contributed by atoms with E-state index < -0.39 is 28.7 Å². The summed E-state index contributed by atoms with van der Waals surface area (Å²) in [5.74, 6) is -1.69. The summed E-state index contributed by atoms with van der Waals surface area (Å²) in [7, 11) is 0. The highest BCUT2D eigenvalue weighted by molar-refractivity contribution is 6.23. The van der Waals surface area contributed by atoms with Crippen LogP contribution in [0.1, 0.15) is 31.8 Å². The van der Waals surface area contributed by atoms with Gasteiger partial charge in [-0.15, -0.1) is 0 Å². The normalized spacial score (nSPS) is 13.6. The summed E-state index contributed by atoms with van der Waals surface area (Å²) in [5, 5.41) is 13.8. The molecule has 3 aromatic rings. The molecule has 8 heteroatoms. The van der Waals surface area contributed by atoms with Crippen molar-refractivity contribution in [3.8, 4) is 0 Å². The van der Waals surface area contributed by atoms with Crippen LogP contribution in [0.15, 0.2) is 72.8 Å². The van der Waals surface area contributed by atoms with Crippen molar-refractivity contribution in [2.75, 3.05) is 5.32 Å². The number of hydrogen-bond donors (Lipinski definition) is 1. The fraction of sp³-hybridized carbons (Fsp3) is 0.125. The Hall–Kier alpha value is -4.33. The average molecular weight is 429 g/mol. The topological polar surface area (TPSA) is 110 Å². The highest BCUT2D eigenvalue weighted by Crippen LogP contribution is 2.28. The molecule has 0 aromatic heterocycles. The number of nitro benzene ring substituents is 1. The Labute approximate surface area is 183 Å². The van der Waals surface area contributed by atoms with Gasteiger partial charge in [0, 0.05) is 18.6 Å². The zero-order valence-corrected chi connectivity index (χ0v) is 17.1. The van der Waals surface area contributed by atoms with Crippen molar-refractivity contribution in [1.82, 2.24) is 4.90 Å². The third-order valence-electron chi connectivity index (χ3n) is 5.40. The number of nitrogens with one attached hydrogen (secondary N) is 1. The van der Waals surface area contributed by atoms with Crippen LogP contribution in [0.2, 0.25) is 0 Å². The molecular formula is C24H19N3O5. The Bertz CT molecular complexity index is 1200. The first-order chi connectivity index (χ1) is 15.4. The number of benzene rings is 3.